The molecule has 4 rings (SSSR count). The molecule has 21 heavy (non-hydrogen) atoms. The fourth-order valence-electron chi connectivity index (χ4n) is 6.66. The standard InChI is InChI=1S/C18H30O3/c1-17-9-7-13-11(12(17)4-5-14(17)19)3-6-15-18(13,2)10-8-16(20)21-15/h11-16,19-20H,3-10H2,1-2H3/t11-,12-,13-,14-,15+,16-,17-,18+/m0/s1. The predicted octanol–water partition coefficient (Wildman–Crippen LogP) is 3.09. The van der Waals surface area contributed by atoms with Crippen LogP contribution in [0, 0.1) is 28.6 Å². The van der Waals surface area contributed by atoms with E-state index < -0.39 is 6.29 Å². The third kappa shape index (κ3) is 1.90. The van der Waals surface area contributed by atoms with Gasteiger partial charge in [-0.3, -0.25) is 0 Å². The van der Waals surface area contributed by atoms with Crippen LogP contribution in [0.1, 0.15) is 65.2 Å². The Bertz CT molecular complexity index is 425. The molecule has 3 nitrogen and oxygen atoms in total. The summed E-state index contributed by atoms with van der Waals surface area (Å²) in [6, 6.07) is 0. The topological polar surface area (TPSA) is 49.7 Å². The second-order valence-electron chi connectivity index (χ2n) is 8.72. The number of rotatable bonds is 0. The Labute approximate surface area is 128 Å². The van der Waals surface area contributed by atoms with Crippen LogP contribution in [-0.2, 0) is 4.74 Å². The summed E-state index contributed by atoms with van der Waals surface area (Å²) in [5.74, 6) is 2.20. The molecule has 0 radical (unpaired) electrons. The number of aliphatic hydroxyl groups excluding tert-OH is 2. The zero-order valence-electron chi connectivity index (χ0n) is 13.4. The van der Waals surface area contributed by atoms with Crippen LogP contribution in [0.4, 0.5) is 0 Å². The average Bonchev–Trinajstić information content (AvgIpc) is 2.76. The molecular weight excluding hydrogens is 264 g/mol. The molecule has 1 aliphatic heterocycles. The van der Waals surface area contributed by atoms with E-state index in [1.54, 1.807) is 0 Å². The third-order valence-electron chi connectivity index (χ3n) is 7.98. The second kappa shape index (κ2) is 4.69. The molecule has 3 heteroatoms. The van der Waals surface area contributed by atoms with Gasteiger partial charge in [-0.15, -0.1) is 0 Å². The third-order valence-corrected chi connectivity index (χ3v) is 7.98. The number of aliphatic hydroxyl groups is 2. The lowest BCUT2D eigenvalue weighted by Crippen LogP contribution is -2.57. The van der Waals surface area contributed by atoms with Crippen molar-refractivity contribution in [2.75, 3.05) is 0 Å². The van der Waals surface area contributed by atoms with Gasteiger partial charge in [0.2, 0.25) is 0 Å². The van der Waals surface area contributed by atoms with Gasteiger partial charge in [-0.1, -0.05) is 13.8 Å². The van der Waals surface area contributed by atoms with E-state index in [0.717, 1.165) is 37.5 Å². The van der Waals surface area contributed by atoms with Gasteiger partial charge in [-0.05, 0) is 80.0 Å². The first-order valence-electron chi connectivity index (χ1n) is 8.97. The Kier molecular flexibility index (Phi) is 3.23. The van der Waals surface area contributed by atoms with Crippen molar-refractivity contribution in [1.82, 2.24) is 0 Å². The van der Waals surface area contributed by atoms with Crippen LogP contribution in [0.3, 0.4) is 0 Å². The molecule has 3 saturated carbocycles. The fraction of sp³-hybridized carbons (Fsp3) is 1.00. The summed E-state index contributed by atoms with van der Waals surface area (Å²) < 4.78 is 5.91. The minimum absolute atomic E-state index is 0.0848. The van der Waals surface area contributed by atoms with Crippen LogP contribution in [0.2, 0.25) is 0 Å². The number of ether oxygens (including phenoxy) is 1. The van der Waals surface area contributed by atoms with E-state index in [-0.39, 0.29) is 23.0 Å². The van der Waals surface area contributed by atoms with Crippen molar-refractivity contribution in [3.05, 3.63) is 0 Å². The maximum absolute atomic E-state index is 10.4. The Balaban J connectivity index is 1.62. The quantitative estimate of drug-likeness (QED) is 0.722. The van der Waals surface area contributed by atoms with Crippen molar-refractivity contribution in [3.63, 3.8) is 0 Å². The summed E-state index contributed by atoms with van der Waals surface area (Å²) in [5.41, 5.74) is 0.413. The molecule has 4 fully saturated rings. The summed E-state index contributed by atoms with van der Waals surface area (Å²) in [7, 11) is 0. The first-order valence-corrected chi connectivity index (χ1v) is 8.97. The van der Waals surface area contributed by atoms with Crippen LogP contribution in [-0.4, -0.2) is 28.7 Å². The van der Waals surface area contributed by atoms with Crippen molar-refractivity contribution in [1.29, 1.82) is 0 Å². The molecule has 0 aromatic heterocycles. The fourth-order valence-corrected chi connectivity index (χ4v) is 6.66. The Morgan fingerprint density at radius 1 is 0.810 bits per heavy atom. The van der Waals surface area contributed by atoms with E-state index in [9.17, 15) is 10.2 Å². The van der Waals surface area contributed by atoms with Gasteiger partial charge in [0.05, 0.1) is 12.2 Å². The Morgan fingerprint density at radius 3 is 2.33 bits per heavy atom. The molecule has 8 atom stereocenters. The van der Waals surface area contributed by atoms with Crippen LogP contribution < -0.4 is 0 Å². The highest BCUT2D eigenvalue weighted by Gasteiger charge is 2.60. The minimum Gasteiger partial charge on any atom is -0.393 e. The van der Waals surface area contributed by atoms with E-state index in [2.05, 4.69) is 13.8 Å². The van der Waals surface area contributed by atoms with Gasteiger partial charge in [-0.2, -0.15) is 0 Å². The van der Waals surface area contributed by atoms with E-state index >= 15 is 0 Å². The largest absolute Gasteiger partial charge is 0.393 e. The van der Waals surface area contributed by atoms with Crippen LogP contribution in [0.15, 0.2) is 0 Å². The lowest BCUT2D eigenvalue weighted by molar-refractivity contribution is -0.249. The molecule has 120 valence electrons. The molecule has 2 N–H and O–H groups in total. The van der Waals surface area contributed by atoms with E-state index in [0.29, 0.717) is 5.92 Å². The zero-order chi connectivity index (χ0) is 14.8. The molecule has 0 unspecified atom stereocenters. The molecule has 4 aliphatic rings. The zero-order valence-corrected chi connectivity index (χ0v) is 13.4. The Hall–Kier alpha value is -0.120. The van der Waals surface area contributed by atoms with Crippen molar-refractivity contribution < 1.29 is 14.9 Å². The number of fused-ring (bicyclic) bond motifs is 5. The Morgan fingerprint density at radius 2 is 1.52 bits per heavy atom. The molecule has 0 amide bonds. The molecule has 3 aliphatic carbocycles. The maximum atomic E-state index is 10.4. The van der Waals surface area contributed by atoms with Gasteiger partial charge in [0.1, 0.15) is 0 Å². The van der Waals surface area contributed by atoms with Gasteiger partial charge in [0.25, 0.3) is 0 Å². The van der Waals surface area contributed by atoms with E-state index in [4.69, 9.17) is 4.74 Å². The van der Waals surface area contributed by atoms with E-state index in [1.807, 2.05) is 0 Å². The lowest BCUT2D eigenvalue weighted by Gasteiger charge is -2.60. The summed E-state index contributed by atoms with van der Waals surface area (Å²) in [4.78, 5) is 0. The summed E-state index contributed by atoms with van der Waals surface area (Å²) >= 11 is 0. The molecule has 1 saturated heterocycles. The highest BCUT2D eigenvalue weighted by atomic mass is 16.6. The molecule has 0 aromatic carbocycles. The van der Waals surface area contributed by atoms with Crippen LogP contribution in [0.5, 0.6) is 0 Å². The number of hydrogen-bond donors (Lipinski definition) is 2. The van der Waals surface area contributed by atoms with Crippen LogP contribution in [0.25, 0.3) is 0 Å². The average molecular weight is 294 g/mol. The van der Waals surface area contributed by atoms with Gasteiger partial charge in [-0.25, -0.2) is 0 Å². The second-order valence-corrected chi connectivity index (χ2v) is 8.72. The monoisotopic (exact) mass is 294 g/mol. The first-order chi connectivity index (χ1) is 9.95. The lowest BCUT2D eigenvalue weighted by atomic mass is 9.48. The molecule has 0 spiro atoms. The summed E-state index contributed by atoms with van der Waals surface area (Å²) in [6.45, 7) is 4.75. The highest BCUT2D eigenvalue weighted by Crippen LogP contribution is 2.64. The van der Waals surface area contributed by atoms with Gasteiger partial charge < -0.3 is 14.9 Å². The minimum atomic E-state index is -0.540. The molecule has 1 heterocycles. The maximum Gasteiger partial charge on any atom is 0.154 e. The molecule has 0 aromatic rings. The van der Waals surface area contributed by atoms with Crippen molar-refractivity contribution in [2.45, 2.75) is 83.7 Å². The molecule has 0 bridgehead atoms. The van der Waals surface area contributed by atoms with Crippen molar-refractivity contribution in [3.8, 4) is 0 Å². The summed E-state index contributed by atoms with van der Waals surface area (Å²) in [5, 5.41) is 20.3. The smallest absolute Gasteiger partial charge is 0.154 e. The molecular formula is C18H30O3. The SMILES string of the molecule is C[C@]12CC[C@@H](O)O[C@@H]1CC[C@@H]1[C@@H]2CC[C@]2(C)[C@@H](O)CC[C@@H]12. The first kappa shape index (κ1) is 14.5. The highest BCUT2D eigenvalue weighted by molar-refractivity contribution is 5.09. The number of hydrogen-bond acceptors (Lipinski definition) is 3. The van der Waals surface area contributed by atoms with Gasteiger partial charge in [0.15, 0.2) is 6.29 Å². The van der Waals surface area contributed by atoms with Gasteiger partial charge >= 0.3 is 0 Å². The predicted molar refractivity (Wildman–Crippen MR) is 80.5 cm³/mol. The summed E-state index contributed by atoms with van der Waals surface area (Å²) in [6.07, 6.45) is 8.46. The normalized spacial score (nSPS) is 60.0. The van der Waals surface area contributed by atoms with Crippen LogP contribution >= 0.6 is 0 Å². The van der Waals surface area contributed by atoms with Crippen molar-refractivity contribution in [2.24, 2.45) is 28.6 Å². The van der Waals surface area contributed by atoms with Gasteiger partial charge in [0, 0.05) is 0 Å². The van der Waals surface area contributed by atoms with Crippen molar-refractivity contribution >= 4 is 0 Å². The van der Waals surface area contributed by atoms with E-state index in [1.165, 1.54) is 25.7 Å².